The van der Waals surface area contributed by atoms with Gasteiger partial charge in [0, 0.05) is 16.6 Å². The number of nitrogens with one attached hydrogen (secondary N) is 2. The topological polar surface area (TPSA) is 100 Å². The first kappa shape index (κ1) is 18.5. The summed E-state index contributed by atoms with van der Waals surface area (Å²) in [7, 11) is 1.57. The fourth-order valence-electron chi connectivity index (χ4n) is 1.85. The molecule has 8 heteroatoms. The highest BCUT2D eigenvalue weighted by Gasteiger charge is 2.12. The van der Waals surface area contributed by atoms with Crippen molar-refractivity contribution in [2.45, 2.75) is 6.54 Å². The lowest BCUT2D eigenvalue weighted by Crippen LogP contribution is -2.37. The summed E-state index contributed by atoms with van der Waals surface area (Å²) in [6.45, 7) is 0.201. The van der Waals surface area contributed by atoms with Crippen molar-refractivity contribution in [3.8, 4) is 11.5 Å². The number of phenolic OH excluding ortho intramolecular Hbond substituents is 1. The van der Waals surface area contributed by atoms with Gasteiger partial charge in [0.1, 0.15) is 11.5 Å². The van der Waals surface area contributed by atoms with E-state index >= 15 is 0 Å². The number of halogens is 1. The fourth-order valence-corrected chi connectivity index (χ4v) is 2.22. The minimum atomic E-state index is -0.903. The molecule has 0 bridgehead atoms. The lowest BCUT2D eigenvalue weighted by atomic mass is 10.2. The Morgan fingerprint density at radius 1 is 1.20 bits per heavy atom. The molecule has 2 aromatic rings. The number of amides is 2. The summed E-state index contributed by atoms with van der Waals surface area (Å²) >= 11 is 3.26. The minimum absolute atomic E-state index is 0.00477. The van der Waals surface area contributed by atoms with Crippen LogP contribution in [0.2, 0.25) is 0 Å². The third kappa shape index (κ3) is 5.61. The highest BCUT2D eigenvalue weighted by molar-refractivity contribution is 9.10. The van der Waals surface area contributed by atoms with Gasteiger partial charge in [-0.3, -0.25) is 9.59 Å². The molecule has 0 fully saturated rings. The number of hydrazone groups is 1. The van der Waals surface area contributed by atoms with Gasteiger partial charge in [-0.15, -0.1) is 0 Å². The van der Waals surface area contributed by atoms with E-state index in [1.54, 1.807) is 43.5 Å². The minimum Gasteiger partial charge on any atom is -0.507 e. The van der Waals surface area contributed by atoms with Crippen LogP contribution in [0.1, 0.15) is 11.1 Å². The predicted octanol–water partition coefficient (Wildman–Crippen LogP) is 1.93. The second kappa shape index (κ2) is 8.84. The van der Waals surface area contributed by atoms with Crippen molar-refractivity contribution in [3.63, 3.8) is 0 Å². The van der Waals surface area contributed by atoms with Crippen LogP contribution in [0.25, 0.3) is 0 Å². The van der Waals surface area contributed by atoms with Gasteiger partial charge in [0.05, 0.1) is 13.3 Å². The van der Waals surface area contributed by atoms with Crippen LogP contribution >= 0.6 is 15.9 Å². The summed E-state index contributed by atoms with van der Waals surface area (Å²) in [5.41, 5.74) is 3.32. The Balaban J connectivity index is 1.84. The van der Waals surface area contributed by atoms with Gasteiger partial charge in [0.2, 0.25) is 0 Å². The zero-order chi connectivity index (χ0) is 18.2. The molecule has 0 heterocycles. The normalized spacial score (nSPS) is 10.5. The molecule has 0 aliphatic carbocycles. The van der Waals surface area contributed by atoms with Crippen LogP contribution < -0.4 is 15.5 Å². The number of carbonyl (C=O) groups excluding carboxylic acids is 2. The molecule has 25 heavy (non-hydrogen) atoms. The molecule has 0 atom stereocenters. The summed E-state index contributed by atoms with van der Waals surface area (Å²) < 4.78 is 5.79. The lowest BCUT2D eigenvalue weighted by molar-refractivity contribution is -0.139. The van der Waals surface area contributed by atoms with Crippen LogP contribution in [0.5, 0.6) is 11.5 Å². The molecule has 7 nitrogen and oxygen atoms in total. The van der Waals surface area contributed by atoms with Crippen molar-refractivity contribution in [3.05, 3.63) is 58.1 Å². The second-order valence-corrected chi connectivity index (χ2v) is 5.85. The zero-order valence-electron chi connectivity index (χ0n) is 13.3. The van der Waals surface area contributed by atoms with Crippen LogP contribution in [0.3, 0.4) is 0 Å². The second-order valence-electron chi connectivity index (χ2n) is 4.93. The fraction of sp³-hybridized carbons (Fsp3) is 0.118. The van der Waals surface area contributed by atoms with Gasteiger partial charge in [-0.05, 0) is 35.9 Å². The third-order valence-electron chi connectivity index (χ3n) is 3.18. The van der Waals surface area contributed by atoms with Crippen molar-refractivity contribution >= 4 is 34.0 Å². The van der Waals surface area contributed by atoms with Gasteiger partial charge >= 0.3 is 11.8 Å². The standard InChI is InChI=1S/C17H16BrN3O4/c1-25-14-5-2-11(3-6-14)9-19-16(23)17(24)21-20-10-12-8-13(18)4-7-15(12)22/h2-8,10,22H,9H2,1H3,(H,19,23)(H,21,24)/b20-10-. The maximum absolute atomic E-state index is 11.7. The van der Waals surface area contributed by atoms with Crippen molar-refractivity contribution < 1.29 is 19.4 Å². The molecule has 3 N–H and O–H groups in total. The molecular formula is C17H16BrN3O4. The predicted molar refractivity (Wildman–Crippen MR) is 96.4 cm³/mol. The summed E-state index contributed by atoms with van der Waals surface area (Å²) in [6.07, 6.45) is 1.24. The van der Waals surface area contributed by atoms with Crippen molar-refractivity contribution in [2.24, 2.45) is 5.10 Å². The van der Waals surface area contributed by atoms with E-state index in [0.29, 0.717) is 11.3 Å². The lowest BCUT2D eigenvalue weighted by Gasteiger charge is -2.05. The zero-order valence-corrected chi connectivity index (χ0v) is 14.9. The summed E-state index contributed by atoms with van der Waals surface area (Å²) in [6, 6.07) is 11.9. The van der Waals surface area contributed by atoms with Crippen LogP contribution in [-0.4, -0.2) is 30.2 Å². The van der Waals surface area contributed by atoms with E-state index in [1.165, 1.54) is 12.3 Å². The van der Waals surface area contributed by atoms with Crippen LogP contribution in [-0.2, 0) is 16.1 Å². The smallest absolute Gasteiger partial charge is 0.329 e. The van der Waals surface area contributed by atoms with Gasteiger partial charge in [-0.2, -0.15) is 5.10 Å². The Hall–Kier alpha value is -2.87. The highest BCUT2D eigenvalue weighted by atomic mass is 79.9. The van der Waals surface area contributed by atoms with Crippen molar-refractivity contribution in [1.29, 1.82) is 0 Å². The van der Waals surface area contributed by atoms with E-state index in [-0.39, 0.29) is 12.3 Å². The first-order valence-corrected chi connectivity index (χ1v) is 8.01. The van der Waals surface area contributed by atoms with E-state index in [0.717, 1.165) is 10.0 Å². The quantitative estimate of drug-likeness (QED) is 0.401. The van der Waals surface area contributed by atoms with E-state index in [4.69, 9.17) is 4.74 Å². The molecule has 0 aliphatic rings. The number of rotatable bonds is 5. The Labute approximate surface area is 152 Å². The van der Waals surface area contributed by atoms with E-state index < -0.39 is 11.8 Å². The van der Waals surface area contributed by atoms with E-state index in [1.807, 2.05) is 0 Å². The molecule has 2 aromatic carbocycles. The Kier molecular flexibility index (Phi) is 6.53. The Morgan fingerprint density at radius 3 is 2.60 bits per heavy atom. The Morgan fingerprint density at radius 2 is 1.92 bits per heavy atom. The van der Waals surface area contributed by atoms with Gasteiger partial charge < -0.3 is 15.2 Å². The van der Waals surface area contributed by atoms with Crippen LogP contribution in [0.4, 0.5) is 0 Å². The molecule has 0 spiro atoms. The molecule has 0 saturated carbocycles. The van der Waals surface area contributed by atoms with Gasteiger partial charge in [0.15, 0.2) is 0 Å². The average Bonchev–Trinajstić information content (AvgIpc) is 2.62. The van der Waals surface area contributed by atoms with E-state index in [2.05, 4.69) is 31.8 Å². The van der Waals surface area contributed by atoms with Crippen molar-refractivity contribution in [1.82, 2.24) is 10.7 Å². The maximum Gasteiger partial charge on any atom is 0.329 e. The number of phenols is 1. The number of benzene rings is 2. The van der Waals surface area contributed by atoms with Crippen LogP contribution in [0, 0.1) is 0 Å². The highest BCUT2D eigenvalue weighted by Crippen LogP contribution is 2.19. The number of hydrogen-bond acceptors (Lipinski definition) is 5. The first-order valence-electron chi connectivity index (χ1n) is 7.22. The molecule has 0 radical (unpaired) electrons. The summed E-state index contributed by atoms with van der Waals surface area (Å²) in [5, 5.41) is 15.8. The molecule has 2 rings (SSSR count). The molecule has 0 saturated heterocycles. The molecule has 0 aliphatic heterocycles. The molecule has 0 unspecified atom stereocenters. The number of hydrogen-bond donors (Lipinski definition) is 3. The molecule has 2 amide bonds. The van der Waals surface area contributed by atoms with Gasteiger partial charge in [0.25, 0.3) is 0 Å². The molecular weight excluding hydrogens is 390 g/mol. The molecule has 0 aromatic heterocycles. The monoisotopic (exact) mass is 405 g/mol. The summed E-state index contributed by atoms with van der Waals surface area (Å²) in [5.74, 6) is -1.01. The Bertz CT molecular complexity index is 791. The number of nitrogens with zero attached hydrogens (tertiary/aromatic N) is 1. The van der Waals surface area contributed by atoms with Crippen LogP contribution in [0.15, 0.2) is 52.0 Å². The summed E-state index contributed by atoms with van der Waals surface area (Å²) in [4.78, 5) is 23.4. The van der Waals surface area contributed by atoms with Gasteiger partial charge in [-0.25, -0.2) is 5.43 Å². The first-order chi connectivity index (χ1) is 12.0. The van der Waals surface area contributed by atoms with Gasteiger partial charge in [-0.1, -0.05) is 28.1 Å². The number of carbonyl (C=O) groups is 2. The molecule has 130 valence electrons. The largest absolute Gasteiger partial charge is 0.507 e. The number of methoxy groups -OCH3 is 1. The third-order valence-corrected chi connectivity index (χ3v) is 3.67. The number of ether oxygens (including phenoxy) is 1. The number of aromatic hydroxyl groups is 1. The average molecular weight is 406 g/mol. The van der Waals surface area contributed by atoms with E-state index in [9.17, 15) is 14.7 Å². The maximum atomic E-state index is 11.7. The SMILES string of the molecule is COc1ccc(CNC(=O)C(=O)N/N=C\c2cc(Br)ccc2O)cc1. The van der Waals surface area contributed by atoms with Crippen molar-refractivity contribution in [2.75, 3.05) is 7.11 Å².